The zero-order valence-electron chi connectivity index (χ0n) is 13.7. The summed E-state index contributed by atoms with van der Waals surface area (Å²) in [6.45, 7) is 0. The molecule has 0 spiro atoms. The van der Waals surface area contributed by atoms with E-state index in [0.717, 1.165) is 0 Å². The van der Waals surface area contributed by atoms with Gasteiger partial charge in [0.15, 0.2) is 0 Å². The van der Waals surface area contributed by atoms with Crippen LogP contribution < -0.4 is 0 Å². The molecule has 3 rings (SSSR count). The topological polar surface area (TPSA) is 43.4 Å². The molecular weight excluding hydrogens is 518 g/mol. The Morgan fingerprint density at radius 2 is 0.964 bits per heavy atom. The third-order valence-electron chi connectivity index (χ3n) is 3.43. The molecule has 28 heavy (non-hydrogen) atoms. The van der Waals surface area contributed by atoms with E-state index in [1.807, 2.05) is 0 Å². The van der Waals surface area contributed by atoms with Crippen LogP contribution in [0.3, 0.4) is 0 Å². The second kappa shape index (κ2) is 8.13. The quantitative estimate of drug-likeness (QED) is 0.197. The maximum absolute atomic E-state index is 14.0. The summed E-state index contributed by atoms with van der Waals surface area (Å²) in [6, 6.07) is 16.0. The molecule has 0 radical (unpaired) electrons. The Bertz CT molecular complexity index is 1040. The van der Waals surface area contributed by atoms with Crippen molar-refractivity contribution in [2.75, 3.05) is 0 Å². The van der Waals surface area contributed by atoms with Crippen LogP contribution in [0.5, 0.6) is 0 Å². The molecule has 3 aromatic rings. The van der Waals surface area contributed by atoms with Crippen molar-refractivity contribution in [1.82, 2.24) is 0 Å². The third kappa shape index (κ3) is 3.89. The Kier molecular flexibility index (Phi) is 6.01. The van der Waals surface area contributed by atoms with Crippen molar-refractivity contribution in [2.24, 2.45) is 0 Å². The molecule has 0 saturated carbocycles. The van der Waals surface area contributed by atoms with E-state index in [0.29, 0.717) is 7.14 Å². The van der Waals surface area contributed by atoms with Gasteiger partial charge in [0.2, 0.25) is 0 Å². The van der Waals surface area contributed by atoms with Crippen molar-refractivity contribution < 1.29 is 32.9 Å². The monoisotopic (exact) mass is 528 g/mol. The average molecular weight is 528 g/mol. The van der Waals surface area contributed by atoms with Crippen molar-refractivity contribution in [3.63, 3.8) is 0 Å². The van der Waals surface area contributed by atoms with Gasteiger partial charge in [-0.05, 0) is 0 Å². The Balaban J connectivity index is 2.14. The molecule has 0 fully saturated rings. The van der Waals surface area contributed by atoms with Crippen molar-refractivity contribution in [2.45, 2.75) is 4.90 Å². The van der Waals surface area contributed by atoms with Crippen molar-refractivity contribution in [3.05, 3.63) is 96.9 Å². The van der Waals surface area contributed by atoms with Crippen LogP contribution in [0.15, 0.2) is 65.6 Å². The fourth-order valence-corrected chi connectivity index (χ4v) is 9.23. The van der Waals surface area contributed by atoms with Gasteiger partial charge in [-0.25, -0.2) is 0 Å². The molecule has 0 aromatic heterocycles. The SMILES string of the molecule is O=S(=O)(OI(c1ccccc1)c1ccccc1)c1c(F)c(F)c(F)c(F)c1F. The van der Waals surface area contributed by atoms with E-state index in [1.54, 1.807) is 60.7 Å². The first kappa shape index (κ1) is 20.7. The molecule has 0 aliphatic carbocycles. The molecule has 0 aliphatic heterocycles. The van der Waals surface area contributed by atoms with Crippen LogP contribution in [-0.2, 0) is 12.6 Å². The minimum atomic E-state index is -5.31. The van der Waals surface area contributed by atoms with Crippen LogP contribution in [0.2, 0.25) is 0 Å². The van der Waals surface area contributed by atoms with Crippen molar-refractivity contribution >= 4 is 30.4 Å². The summed E-state index contributed by atoms with van der Waals surface area (Å²) in [5.41, 5.74) is 0. The molecule has 3 aromatic carbocycles. The molecular formula is C18H10F5IO3S. The van der Waals surface area contributed by atoms with Gasteiger partial charge < -0.3 is 0 Å². The molecule has 0 atom stereocenters. The predicted octanol–water partition coefficient (Wildman–Crippen LogP) is 5.25. The van der Waals surface area contributed by atoms with Gasteiger partial charge in [-0.2, -0.15) is 0 Å². The van der Waals surface area contributed by atoms with Crippen LogP contribution in [-0.4, -0.2) is 8.42 Å². The number of hydrogen-bond donors (Lipinski definition) is 0. The van der Waals surface area contributed by atoms with Crippen LogP contribution in [0.1, 0.15) is 0 Å². The summed E-state index contributed by atoms with van der Waals surface area (Å²) in [4.78, 5) is -2.00. The van der Waals surface area contributed by atoms with E-state index < -0.39 is 64.3 Å². The Morgan fingerprint density at radius 3 is 1.36 bits per heavy atom. The Morgan fingerprint density at radius 1 is 0.607 bits per heavy atom. The summed E-state index contributed by atoms with van der Waals surface area (Å²) >= 11 is -3.31. The summed E-state index contributed by atoms with van der Waals surface area (Å²) in [5, 5.41) is 0. The van der Waals surface area contributed by atoms with Crippen LogP contribution in [0.4, 0.5) is 22.0 Å². The molecule has 0 N–H and O–H groups in total. The summed E-state index contributed by atoms with van der Waals surface area (Å²) in [5.74, 6) is -12.1. The van der Waals surface area contributed by atoms with Gasteiger partial charge in [-0.1, -0.05) is 0 Å². The molecule has 148 valence electrons. The van der Waals surface area contributed by atoms with Gasteiger partial charge in [0.05, 0.1) is 0 Å². The summed E-state index contributed by atoms with van der Waals surface area (Å²) < 4.78 is 99.2. The fraction of sp³-hybridized carbons (Fsp3) is 0. The fourth-order valence-electron chi connectivity index (χ4n) is 2.18. The zero-order chi connectivity index (χ0) is 20.5. The van der Waals surface area contributed by atoms with Gasteiger partial charge in [-0.3, -0.25) is 0 Å². The second-order valence-electron chi connectivity index (χ2n) is 5.26. The number of hydrogen-bond acceptors (Lipinski definition) is 3. The van der Waals surface area contributed by atoms with Crippen molar-refractivity contribution in [3.8, 4) is 0 Å². The Labute approximate surface area is 164 Å². The molecule has 0 unspecified atom stereocenters. The first-order valence-electron chi connectivity index (χ1n) is 7.50. The summed E-state index contributed by atoms with van der Waals surface area (Å²) in [7, 11) is -5.31. The number of benzene rings is 3. The number of rotatable bonds is 5. The molecule has 3 nitrogen and oxygen atoms in total. The normalized spacial score (nSPS) is 12.1. The first-order chi connectivity index (χ1) is 13.2. The van der Waals surface area contributed by atoms with E-state index in [2.05, 4.69) is 0 Å². The third-order valence-corrected chi connectivity index (χ3v) is 10.8. The van der Waals surface area contributed by atoms with E-state index in [4.69, 9.17) is 2.51 Å². The molecule has 0 bridgehead atoms. The van der Waals surface area contributed by atoms with Gasteiger partial charge >= 0.3 is 165 Å². The van der Waals surface area contributed by atoms with E-state index in [1.165, 1.54) is 0 Å². The maximum atomic E-state index is 14.0. The van der Waals surface area contributed by atoms with E-state index in [9.17, 15) is 30.4 Å². The van der Waals surface area contributed by atoms with Gasteiger partial charge in [0.25, 0.3) is 0 Å². The molecule has 0 aliphatic rings. The second-order valence-corrected chi connectivity index (χ2v) is 11.7. The van der Waals surface area contributed by atoms with Crippen LogP contribution in [0.25, 0.3) is 0 Å². The van der Waals surface area contributed by atoms with E-state index in [-0.39, 0.29) is 0 Å². The first-order valence-corrected chi connectivity index (χ1v) is 11.9. The van der Waals surface area contributed by atoms with Gasteiger partial charge in [0, 0.05) is 0 Å². The molecule has 10 heteroatoms. The predicted molar refractivity (Wildman–Crippen MR) is 98.8 cm³/mol. The van der Waals surface area contributed by atoms with Gasteiger partial charge in [-0.15, -0.1) is 0 Å². The zero-order valence-corrected chi connectivity index (χ0v) is 16.6. The number of halogens is 6. The molecule has 0 saturated heterocycles. The van der Waals surface area contributed by atoms with Gasteiger partial charge in [0.1, 0.15) is 0 Å². The molecule has 0 heterocycles. The van der Waals surface area contributed by atoms with E-state index >= 15 is 0 Å². The summed E-state index contributed by atoms with van der Waals surface area (Å²) in [6.07, 6.45) is 0. The minimum absolute atomic E-state index is 0.449. The van der Waals surface area contributed by atoms with Crippen LogP contribution in [0, 0.1) is 36.2 Å². The van der Waals surface area contributed by atoms with Crippen LogP contribution >= 0.6 is 20.2 Å². The standard InChI is InChI=1S/C18H10F5IO3S/c19-13-14(20)16(22)18(17(23)15(13)21)28(25,26)27-24(11-7-3-1-4-8-11)12-9-5-2-6-10-12/h1-10H. The van der Waals surface area contributed by atoms with Crippen molar-refractivity contribution in [1.29, 1.82) is 0 Å². The average Bonchev–Trinajstić information content (AvgIpc) is 2.70. The molecule has 0 amide bonds. The Hall–Kier alpha value is -2.05.